The van der Waals surface area contributed by atoms with Gasteiger partial charge in [0, 0.05) is 19.7 Å². The molecule has 1 aliphatic rings. The first kappa shape index (κ1) is 14.6. The number of ether oxygens (including phenoxy) is 1. The Kier molecular flexibility index (Phi) is 5.01. The van der Waals surface area contributed by atoms with Crippen molar-refractivity contribution in [2.24, 2.45) is 5.92 Å². The van der Waals surface area contributed by atoms with Crippen molar-refractivity contribution in [3.8, 4) is 0 Å². The van der Waals surface area contributed by atoms with Crippen LogP contribution in [0.4, 0.5) is 5.13 Å². The summed E-state index contributed by atoms with van der Waals surface area (Å²) in [4.78, 5) is 18.2. The average molecular weight is 305 g/mol. The second kappa shape index (κ2) is 6.54. The molecule has 1 atom stereocenters. The Morgan fingerprint density at radius 3 is 3.16 bits per heavy atom. The number of esters is 1. The van der Waals surface area contributed by atoms with Gasteiger partial charge in [0.2, 0.25) is 0 Å². The number of carbonyl (C=O) groups is 1. The Labute approximate surface area is 121 Å². The maximum absolute atomic E-state index is 11.5. The van der Waals surface area contributed by atoms with Crippen molar-refractivity contribution in [3.05, 3.63) is 10.0 Å². The molecule has 1 aromatic heterocycles. The molecule has 0 spiro atoms. The van der Waals surface area contributed by atoms with Crippen LogP contribution in [0.5, 0.6) is 0 Å². The number of nitrogens with zero attached hydrogens (tertiary/aromatic N) is 2. The number of hydrogen-bond acceptors (Lipinski definition) is 6. The minimum absolute atomic E-state index is 0.205. The molecule has 1 saturated heterocycles. The van der Waals surface area contributed by atoms with E-state index in [1.165, 1.54) is 18.4 Å². The number of aliphatic hydroxyl groups excluding tert-OH is 1. The first-order valence-electron chi connectivity index (χ1n) is 6.26. The molecule has 7 heteroatoms. The molecule has 1 N–H and O–H groups in total. The van der Waals surface area contributed by atoms with Crippen LogP contribution in [0, 0.1) is 5.92 Å². The highest BCUT2D eigenvalue weighted by molar-refractivity contribution is 7.18. The first-order chi connectivity index (χ1) is 9.15. The summed E-state index contributed by atoms with van der Waals surface area (Å²) in [6.07, 6.45) is 2.99. The lowest BCUT2D eigenvalue weighted by Gasteiger charge is -2.32. The van der Waals surface area contributed by atoms with Gasteiger partial charge in [-0.15, -0.1) is 0 Å². The van der Waals surface area contributed by atoms with Crippen LogP contribution < -0.4 is 4.90 Å². The number of methoxy groups -OCH3 is 1. The molecule has 0 amide bonds. The summed E-state index contributed by atoms with van der Waals surface area (Å²) in [6, 6.07) is 0. The zero-order valence-corrected chi connectivity index (χ0v) is 12.3. The lowest BCUT2D eigenvalue weighted by molar-refractivity contribution is 0.0606. The van der Waals surface area contributed by atoms with Crippen LogP contribution in [-0.2, 0) is 4.74 Å². The summed E-state index contributed by atoms with van der Waals surface area (Å²) in [5.41, 5.74) is 0. The SMILES string of the molecule is COC(=O)c1sc(N2CCCC(CCO)C2)nc1Cl. The van der Waals surface area contributed by atoms with Gasteiger partial charge >= 0.3 is 5.97 Å². The van der Waals surface area contributed by atoms with E-state index in [4.69, 9.17) is 16.7 Å². The summed E-state index contributed by atoms with van der Waals surface area (Å²) < 4.78 is 4.67. The molecule has 0 saturated carbocycles. The Bertz CT molecular complexity index is 450. The molecule has 1 aromatic rings. The van der Waals surface area contributed by atoms with E-state index >= 15 is 0 Å². The van der Waals surface area contributed by atoms with Crippen LogP contribution in [0.3, 0.4) is 0 Å². The van der Waals surface area contributed by atoms with Crippen LogP contribution in [0.25, 0.3) is 0 Å². The Morgan fingerprint density at radius 1 is 1.68 bits per heavy atom. The smallest absolute Gasteiger partial charge is 0.351 e. The van der Waals surface area contributed by atoms with Crippen molar-refractivity contribution in [3.63, 3.8) is 0 Å². The second-order valence-electron chi connectivity index (χ2n) is 4.57. The molecule has 19 heavy (non-hydrogen) atoms. The minimum atomic E-state index is -0.447. The van der Waals surface area contributed by atoms with Gasteiger partial charge in [0.25, 0.3) is 0 Å². The molecule has 0 aromatic carbocycles. The molecular formula is C12H17ClN2O3S. The predicted molar refractivity (Wildman–Crippen MR) is 75.1 cm³/mol. The van der Waals surface area contributed by atoms with E-state index in [9.17, 15) is 4.79 Å². The normalized spacial score (nSPS) is 19.5. The van der Waals surface area contributed by atoms with Crippen LogP contribution in [0.15, 0.2) is 0 Å². The highest BCUT2D eigenvalue weighted by Gasteiger charge is 2.25. The fourth-order valence-electron chi connectivity index (χ4n) is 2.30. The molecule has 5 nitrogen and oxygen atoms in total. The van der Waals surface area contributed by atoms with Crippen molar-refractivity contribution in [2.75, 3.05) is 31.7 Å². The van der Waals surface area contributed by atoms with Gasteiger partial charge in [-0.3, -0.25) is 0 Å². The maximum atomic E-state index is 11.5. The molecule has 2 heterocycles. The van der Waals surface area contributed by atoms with Crippen molar-refractivity contribution in [1.82, 2.24) is 4.98 Å². The molecule has 0 bridgehead atoms. The van der Waals surface area contributed by atoms with E-state index in [0.717, 1.165) is 37.5 Å². The summed E-state index contributed by atoms with van der Waals surface area (Å²) >= 11 is 7.23. The van der Waals surface area contributed by atoms with Crippen LogP contribution >= 0.6 is 22.9 Å². The third-order valence-corrected chi connectivity index (χ3v) is 4.75. The predicted octanol–water partition coefficient (Wildman–Crippen LogP) is 2.18. The number of aliphatic hydroxyl groups is 1. The number of anilines is 1. The number of piperidine rings is 1. The summed E-state index contributed by atoms with van der Waals surface area (Å²) in [5, 5.41) is 9.98. The lowest BCUT2D eigenvalue weighted by Crippen LogP contribution is -2.35. The van der Waals surface area contributed by atoms with E-state index < -0.39 is 5.97 Å². The monoisotopic (exact) mass is 304 g/mol. The Morgan fingerprint density at radius 2 is 2.47 bits per heavy atom. The van der Waals surface area contributed by atoms with E-state index in [2.05, 4.69) is 14.6 Å². The summed E-state index contributed by atoms with van der Waals surface area (Å²) in [7, 11) is 1.33. The highest BCUT2D eigenvalue weighted by Crippen LogP contribution is 2.33. The fraction of sp³-hybridized carbons (Fsp3) is 0.667. The van der Waals surface area contributed by atoms with Gasteiger partial charge in [-0.05, 0) is 25.2 Å². The molecule has 2 rings (SSSR count). The largest absolute Gasteiger partial charge is 0.465 e. The molecule has 0 aliphatic carbocycles. The molecule has 0 radical (unpaired) electrons. The number of hydrogen-bond donors (Lipinski definition) is 1. The van der Waals surface area contributed by atoms with Gasteiger partial charge in [0.1, 0.15) is 0 Å². The second-order valence-corrected chi connectivity index (χ2v) is 5.91. The van der Waals surface area contributed by atoms with Gasteiger partial charge in [-0.2, -0.15) is 0 Å². The van der Waals surface area contributed by atoms with Gasteiger partial charge in [0.05, 0.1) is 7.11 Å². The van der Waals surface area contributed by atoms with Crippen molar-refractivity contribution >= 4 is 34.0 Å². The van der Waals surface area contributed by atoms with Crippen molar-refractivity contribution in [2.45, 2.75) is 19.3 Å². The molecule has 106 valence electrons. The van der Waals surface area contributed by atoms with Gasteiger partial charge < -0.3 is 14.7 Å². The Hall–Kier alpha value is -0.850. The van der Waals surface area contributed by atoms with E-state index in [-0.39, 0.29) is 11.8 Å². The van der Waals surface area contributed by atoms with Crippen molar-refractivity contribution < 1.29 is 14.6 Å². The Balaban J connectivity index is 2.11. The van der Waals surface area contributed by atoms with Crippen molar-refractivity contribution in [1.29, 1.82) is 0 Å². The molecule has 1 aliphatic heterocycles. The number of rotatable bonds is 4. The quantitative estimate of drug-likeness (QED) is 0.864. The van der Waals surface area contributed by atoms with Crippen LogP contribution in [-0.4, -0.2) is 42.9 Å². The van der Waals surface area contributed by atoms with Gasteiger partial charge in [0.15, 0.2) is 15.2 Å². The summed E-state index contributed by atoms with van der Waals surface area (Å²) in [6.45, 7) is 1.97. The average Bonchev–Trinajstić information content (AvgIpc) is 2.81. The number of aromatic nitrogens is 1. The summed E-state index contributed by atoms with van der Waals surface area (Å²) in [5.74, 6) is 0.0284. The number of halogens is 1. The van der Waals surface area contributed by atoms with E-state index in [0.29, 0.717) is 10.8 Å². The molecule has 1 fully saturated rings. The maximum Gasteiger partial charge on any atom is 0.351 e. The molecule has 1 unspecified atom stereocenters. The highest BCUT2D eigenvalue weighted by atomic mass is 35.5. The number of carbonyl (C=O) groups excluding carboxylic acids is 1. The minimum Gasteiger partial charge on any atom is -0.465 e. The third-order valence-electron chi connectivity index (χ3n) is 3.27. The number of thiazole rings is 1. The van der Waals surface area contributed by atoms with Gasteiger partial charge in [-0.25, -0.2) is 9.78 Å². The van der Waals surface area contributed by atoms with E-state index in [1.807, 2.05) is 0 Å². The van der Waals surface area contributed by atoms with Crippen LogP contribution in [0.1, 0.15) is 28.9 Å². The molecular weight excluding hydrogens is 288 g/mol. The zero-order valence-electron chi connectivity index (χ0n) is 10.8. The van der Waals surface area contributed by atoms with E-state index in [1.54, 1.807) is 0 Å². The first-order valence-corrected chi connectivity index (χ1v) is 7.45. The standard InChI is InChI=1S/C12H17ClN2O3S/c1-18-11(17)9-10(13)14-12(19-9)15-5-2-3-8(7-15)4-6-16/h8,16H,2-7H2,1H3. The zero-order chi connectivity index (χ0) is 13.8. The third kappa shape index (κ3) is 3.38. The van der Waals surface area contributed by atoms with Crippen LogP contribution in [0.2, 0.25) is 5.15 Å². The topological polar surface area (TPSA) is 62.7 Å². The van der Waals surface area contributed by atoms with Gasteiger partial charge in [-0.1, -0.05) is 22.9 Å². The fourth-order valence-corrected chi connectivity index (χ4v) is 3.54. The lowest BCUT2D eigenvalue weighted by atomic mass is 9.95.